The quantitative estimate of drug-likeness (QED) is 0.662. The van der Waals surface area contributed by atoms with Crippen molar-refractivity contribution in [2.75, 3.05) is 7.11 Å². The second-order valence-electron chi connectivity index (χ2n) is 3.97. The average molecular weight is 348 g/mol. The second-order valence-corrected chi connectivity index (χ2v) is 5.21. The lowest BCUT2D eigenvalue weighted by Crippen LogP contribution is -1.86. The molecule has 3 rings (SSSR count). The minimum atomic E-state index is 0.828. The fourth-order valence-corrected chi connectivity index (χ4v) is 2.21. The van der Waals surface area contributed by atoms with Gasteiger partial charge in [0.05, 0.1) is 19.0 Å². The third-order valence-electron chi connectivity index (χ3n) is 2.80. The van der Waals surface area contributed by atoms with Gasteiger partial charge < -0.3 is 9.14 Å². The minimum absolute atomic E-state index is 0.828. The van der Waals surface area contributed by atoms with Gasteiger partial charge in [-0.15, -0.1) is 0 Å². The van der Waals surface area contributed by atoms with Gasteiger partial charge in [0, 0.05) is 15.3 Å². The molecule has 1 aromatic carbocycles. The van der Waals surface area contributed by atoms with Crippen molar-refractivity contribution in [3.63, 3.8) is 0 Å². The molecule has 0 saturated heterocycles. The van der Waals surface area contributed by atoms with Crippen LogP contribution in [0.2, 0.25) is 0 Å². The zero-order valence-corrected chi connectivity index (χ0v) is 12.0. The van der Waals surface area contributed by atoms with Gasteiger partial charge in [-0.3, -0.25) is 0 Å². The fourth-order valence-electron chi connectivity index (χ4n) is 1.85. The molecule has 0 bridgehead atoms. The maximum Gasteiger partial charge on any atom is 0.137 e. The van der Waals surface area contributed by atoms with Gasteiger partial charge in [0.25, 0.3) is 0 Å². The Kier molecular flexibility index (Phi) is 2.95. The maximum atomic E-state index is 5.20. The number of fused-ring (bicyclic) bond motifs is 1. The number of pyridine rings is 1. The summed E-state index contributed by atoms with van der Waals surface area (Å²) in [5, 5.41) is 0. The highest BCUT2D eigenvalue weighted by atomic mass is 125. The third kappa shape index (κ3) is 2.08. The molecule has 2 heterocycles. The average Bonchev–Trinajstić information content (AvgIpc) is 2.82. The van der Waals surface area contributed by atoms with Crippen LogP contribution in [0.5, 0.6) is 5.75 Å². The number of halogens is 1. The Labute approximate surface area is 119 Å². The van der Waals surface area contributed by atoms with Crippen molar-refractivity contribution in [1.29, 1.82) is 0 Å². The molecule has 0 radical (unpaired) electrons. The van der Waals surface area contributed by atoms with E-state index in [9.17, 15) is 0 Å². The molecule has 0 aliphatic rings. The van der Waals surface area contributed by atoms with Crippen LogP contribution in [-0.4, -0.2) is 16.5 Å². The van der Waals surface area contributed by atoms with Gasteiger partial charge >= 0.3 is 0 Å². The highest BCUT2D eigenvalue weighted by molar-refractivity contribution is 14.1. The highest BCUT2D eigenvalue weighted by Gasteiger charge is 2.04. The summed E-state index contributed by atoms with van der Waals surface area (Å²) in [6.07, 6.45) is 3.94. The van der Waals surface area contributed by atoms with Crippen LogP contribution in [0.15, 0.2) is 48.8 Å². The first-order valence-corrected chi connectivity index (χ1v) is 6.63. The maximum absolute atomic E-state index is 5.20. The smallest absolute Gasteiger partial charge is 0.137 e. The molecule has 0 amide bonds. The summed E-state index contributed by atoms with van der Waals surface area (Å²) >= 11 is 2.30. The number of benzene rings is 1. The summed E-state index contributed by atoms with van der Waals surface area (Å²) in [5.41, 5.74) is 3.02. The van der Waals surface area contributed by atoms with E-state index in [-0.39, 0.29) is 0 Å². The topological polar surface area (TPSA) is 26.5 Å². The van der Waals surface area contributed by atoms with Gasteiger partial charge in [0.15, 0.2) is 0 Å². The van der Waals surface area contributed by atoms with Gasteiger partial charge in [-0.2, -0.15) is 0 Å². The van der Waals surface area contributed by atoms with Crippen LogP contribution in [0, 0.1) is 3.57 Å². The first kappa shape index (κ1) is 11.5. The van der Waals surface area contributed by atoms with Gasteiger partial charge in [-0.1, -0.05) is 12.1 Å². The third-order valence-corrected chi connectivity index (χ3v) is 3.52. The van der Waals surface area contributed by atoms with Gasteiger partial charge in [-0.05, 0) is 46.9 Å². The van der Waals surface area contributed by atoms with Crippen molar-refractivity contribution < 1.29 is 4.74 Å². The van der Waals surface area contributed by atoms with Crippen molar-refractivity contribution in [3.8, 4) is 17.0 Å². The number of rotatable bonds is 2. The fraction of sp³-hybridized carbons (Fsp3) is 0.0714. The molecular weight excluding hydrogens is 337 g/mol. The lowest BCUT2D eigenvalue weighted by molar-refractivity contribution is 0.412. The lowest BCUT2D eigenvalue weighted by atomic mass is 10.2. The Bertz CT molecular complexity index is 689. The van der Waals surface area contributed by atoms with Crippen molar-refractivity contribution >= 4 is 28.2 Å². The van der Waals surface area contributed by atoms with Crippen LogP contribution in [0.4, 0.5) is 0 Å². The van der Waals surface area contributed by atoms with E-state index in [0.717, 1.165) is 22.7 Å². The van der Waals surface area contributed by atoms with Gasteiger partial charge in [0.1, 0.15) is 11.4 Å². The van der Waals surface area contributed by atoms with E-state index in [1.54, 1.807) is 7.11 Å². The molecule has 3 nitrogen and oxygen atoms in total. The Morgan fingerprint density at radius 3 is 2.56 bits per heavy atom. The molecule has 0 fully saturated rings. The lowest BCUT2D eigenvalue weighted by Gasteiger charge is -1.98. The number of ether oxygens (including phenoxy) is 1. The number of hydrogen-bond acceptors (Lipinski definition) is 2. The van der Waals surface area contributed by atoms with Crippen LogP contribution >= 0.6 is 22.6 Å². The number of imidazole rings is 1. The summed E-state index contributed by atoms with van der Waals surface area (Å²) in [6, 6.07) is 12.2. The Morgan fingerprint density at radius 2 is 1.83 bits per heavy atom. The largest absolute Gasteiger partial charge is 0.495 e. The number of hydrogen-bond donors (Lipinski definition) is 0. The molecule has 0 saturated carbocycles. The Balaban J connectivity index is 2.10. The molecule has 0 N–H and O–H groups in total. The van der Waals surface area contributed by atoms with Crippen molar-refractivity contribution in [2.24, 2.45) is 0 Å². The molecule has 90 valence electrons. The Hall–Kier alpha value is -1.56. The van der Waals surface area contributed by atoms with Gasteiger partial charge in [-0.25, -0.2) is 4.98 Å². The van der Waals surface area contributed by atoms with Crippen LogP contribution in [-0.2, 0) is 0 Å². The van der Waals surface area contributed by atoms with Crippen LogP contribution in [0.1, 0.15) is 0 Å². The summed E-state index contributed by atoms with van der Waals surface area (Å²) in [7, 11) is 1.66. The number of aromatic nitrogens is 2. The molecule has 18 heavy (non-hydrogen) atoms. The van der Waals surface area contributed by atoms with E-state index in [2.05, 4.69) is 51.8 Å². The molecule has 0 atom stereocenters. The summed E-state index contributed by atoms with van der Waals surface area (Å²) in [6.45, 7) is 0. The standard InChI is InChI=1S/C14H11IN2O/c1-18-12-6-7-14-16-13(9-17(14)8-12)10-2-4-11(15)5-3-10/h2-9H,1H3/i15-2. The predicted octanol–water partition coefficient (Wildman–Crippen LogP) is 3.61. The second kappa shape index (κ2) is 4.61. The highest BCUT2D eigenvalue weighted by Crippen LogP contribution is 2.21. The van der Waals surface area contributed by atoms with Crippen molar-refractivity contribution in [3.05, 3.63) is 52.4 Å². The van der Waals surface area contributed by atoms with Gasteiger partial charge in [0.2, 0.25) is 0 Å². The number of nitrogens with zero attached hydrogens (tertiary/aromatic N) is 2. The zero-order chi connectivity index (χ0) is 12.5. The summed E-state index contributed by atoms with van der Waals surface area (Å²) < 4.78 is 8.41. The molecule has 0 aliphatic heterocycles. The molecule has 3 aromatic rings. The SMILES string of the molecule is COc1ccc2nc(-c3ccc([125I])cc3)cn2c1. The molecular formula is C14H11IN2O. The van der Waals surface area contributed by atoms with Crippen LogP contribution in [0.25, 0.3) is 16.9 Å². The van der Waals surface area contributed by atoms with E-state index < -0.39 is 0 Å². The van der Waals surface area contributed by atoms with E-state index in [0.29, 0.717) is 0 Å². The van der Waals surface area contributed by atoms with E-state index in [4.69, 9.17) is 4.74 Å². The van der Waals surface area contributed by atoms with Crippen LogP contribution < -0.4 is 4.74 Å². The van der Waals surface area contributed by atoms with E-state index in [1.807, 2.05) is 28.9 Å². The molecule has 2 aromatic heterocycles. The first-order chi connectivity index (χ1) is 8.76. The van der Waals surface area contributed by atoms with Crippen LogP contribution in [0.3, 0.4) is 0 Å². The molecule has 0 unspecified atom stereocenters. The minimum Gasteiger partial charge on any atom is -0.495 e. The monoisotopic (exact) mass is 348 g/mol. The normalized spacial score (nSPS) is 10.8. The number of methoxy groups -OCH3 is 1. The molecule has 4 heteroatoms. The molecule has 0 aliphatic carbocycles. The van der Waals surface area contributed by atoms with E-state index in [1.165, 1.54) is 3.57 Å². The molecule has 0 spiro atoms. The summed E-state index contributed by atoms with van der Waals surface area (Å²) in [5.74, 6) is 0.828. The summed E-state index contributed by atoms with van der Waals surface area (Å²) in [4.78, 5) is 4.59. The predicted molar refractivity (Wildman–Crippen MR) is 79.9 cm³/mol. The first-order valence-electron chi connectivity index (χ1n) is 5.55. The van der Waals surface area contributed by atoms with E-state index >= 15 is 0 Å². The zero-order valence-electron chi connectivity index (χ0n) is 9.80. The Morgan fingerprint density at radius 1 is 1.06 bits per heavy atom. The van der Waals surface area contributed by atoms with Crippen molar-refractivity contribution in [1.82, 2.24) is 9.38 Å². The van der Waals surface area contributed by atoms with Crippen molar-refractivity contribution in [2.45, 2.75) is 0 Å².